The van der Waals surface area contributed by atoms with E-state index >= 15 is 0 Å². The highest BCUT2D eigenvalue weighted by molar-refractivity contribution is 6.00. The van der Waals surface area contributed by atoms with Crippen LogP contribution in [0.3, 0.4) is 0 Å². The van der Waals surface area contributed by atoms with Gasteiger partial charge in [0.05, 0.1) is 6.04 Å². The summed E-state index contributed by atoms with van der Waals surface area (Å²) in [6.45, 7) is 7.95. The summed E-state index contributed by atoms with van der Waals surface area (Å²) in [5.74, 6) is -1.39. The number of rotatable bonds is 10. The van der Waals surface area contributed by atoms with Crippen molar-refractivity contribution in [1.29, 1.82) is 0 Å². The van der Waals surface area contributed by atoms with E-state index in [-0.39, 0.29) is 17.6 Å². The summed E-state index contributed by atoms with van der Waals surface area (Å²) < 4.78 is 0. The van der Waals surface area contributed by atoms with Gasteiger partial charge in [0.15, 0.2) is 0 Å². The molecule has 0 spiro atoms. The lowest BCUT2D eigenvalue weighted by Crippen LogP contribution is -2.49. The molecule has 0 aromatic rings. The Bertz CT molecular complexity index is 415. The molecule has 0 aliphatic heterocycles. The van der Waals surface area contributed by atoms with Crippen LogP contribution in [0.15, 0.2) is 11.8 Å². The third kappa shape index (κ3) is 6.71. The molecule has 7 heteroatoms. The number of likely N-dealkylation sites (N-methyl/N-ethyl adjacent to an activating group) is 1. The first-order valence-electron chi connectivity index (χ1n) is 7.71. The Morgan fingerprint density at radius 1 is 1.14 bits per heavy atom. The SMILES string of the molecule is C/C=C(/NC(=O)C(CCC)NCC)C(=O)NC(CC)C(N)=O. The van der Waals surface area contributed by atoms with Crippen LogP contribution < -0.4 is 21.7 Å². The fraction of sp³-hybridized carbons (Fsp3) is 0.667. The minimum Gasteiger partial charge on any atom is -0.368 e. The maximum atomic E-state index is 12.2. The highest BCUT2D eigenvalue weighted by Gasteiger charge is 2.22. The predicted octanol–water partition coefficient (Wildman–Crippen LogP) is 0.165. The molecule has 2 atom stereocenters. The summed E-state index contributed by atoms with van der Waals surface area (Å²) >= 11 is 0. The first-order chi connectivity index (χ1) is 10.4. The first kappa shape index (κ1) is 20.1. The van der Waals surface area contributed by atoms with Crippen molar-refractivity contribution in [2.45, 2.75) is 59.0 Å². The van der Waals surface area contributed by atoms with Crippen molar-refractivity contribution in [3.8, 4) is 0 Å². The molecular formula is C15H28N4O3. The number of primary amides is 1. The number of nitrogens with one attached hydrogen (secondary N) is 3. The summed E-state index contributed by atoms with van der Waals surface area (Å²) in [6, 6.07) is -1.10. The van der Waals surface area contributed by atoms with Crippen LogP contribution in [0.1, 0.15) is 47.0 Å². The van der Waals surface area contributed by atoms with Crippen LogP contribution in [0.2, 0.25) is 0 Å². The van der Waals surface area contributed by atoms with Crippen LogP contribution in [0.4, 0.5) is 0 Å². The number of allylic oxidation sites excluding steroid dienone is 1. The molecule has 0 saturated carbocycles. The molecule has 0 aliphatic rings. The van der Waals surface area contributed by atoms with E-state index < -0.39 is 17.9 Å². The summed E-state index contributed by atoms with van der Waals surface area (Å²) in [6.07, 6.45) is 3.41. The number of carbonyl (C=O) groups excluding carboxylic acids is 3. The smallest absolute Gasteiger partial charge is 0.268 e. The number of amides is 3. The van der Waals surface area contributed by atoms with Crippen molar-refractivity contribution in [1.82, 2.24) is 16.0 Å². The molecule has 7 nitrogen and oxygen atoms in total. The fourth-order valence-corrected chi connectivity index (χ4v) is 1.95. The van der Waals surface area contributed by atoms with Gasteiger partial charge in [-0.2, -0.15) is 0 Å². The van der Waals surface area contributed by atoms with Gasteiger partial charge in [-0.25, -0.2) is 0 Å². The van der Waals surface area contributed by atoms with Crippen molar-refractivity contribution in [2.75, 3.05) is 6.54 Å². The van der Waals surface area contributed by atoms with Gasteiger partial charge in [-0.15, -0.1) is 0 Å². The largest absolute Gasteiger partial charge is 0.368 e. The van der Waals surface area contributed by atoms with Gasteiger partial charge in [0, 0.05) is 0 Å². The molecule has 0 rings (SSSR count). The fourth-order valence-electron chi connectivity index (χ4n) is 1.95. The third-order valence-electron chi connectivity index (χ3n) is 3.19. The molecule has 5 N–H and O–H groups in total. The number of hydrogen-bond donors (Lipinski definition) is 4. The van der Waals surface area contributed by atoms with Crippen molar-refractivity contribution < 1.29 is 14.4 Å². The maximum absolute atomic E-state index is 12.2. The van der Waals surface area contributed by atoms with Gasteiger partial charge in [0.2, 0.25) is 11.8 Å². The van der Waals surface area contributed by atoms with E-state index in [1.807, 2.05) is 13.8 Å². The van der Waals surface area contributed by atoms with E-state index in [9.17, 15) is 14.4 Å². The Labute approximate surface area is 132 Å². The van der Waals surface area contributed by atoms with Crippen LogP contribution in [-0.4, -0.2) is 36.3 Å². The van der Waals surface area contributed by atoms with E-state index in [4.69, 9.17) is 5.73 Å². The van der Waals surface area contributed by atoms with E-state index in [1.54, 1.807) is 13.8 Å². The van der Waals surface area contributed by atoms with Crippen molar-refractivity contribution >= 4 is 17.7 Å². The Kier molecular flexibility index (Phi) is 9.86. The Balaban J connectivity index is 4.80. The van der Waals surface area contributed by atoms with E-state index in [1.165, 1.54) is 6.08 Å². The molecule has 0 heterocycles. The molecule has 2 unspecified atom stereocenters. The molecule has 0 fully saturated rings. The second kappa shape index (κ2) is 10.8. The minimum absolute atomic E-state index is 0.115. The molecule has 0 radical (unpaired) electrons. The Morgan fingerprint density at radius 2 is 1.77 bits per heavy atom. The highest BCUT2D eigenvalue weighted by Crippen LogP contribution is 2.00. The monoisotopic (exact) mass is 312 g/mol. The van der Waals surface area contributed by atoms with E-state index in [0.29, 0.717) is 19.4 Å². The average molecular weight is 312 g/mol. The molecule has 3 amide bonds. The summed E-state index contributed by atoms with van der Waals surface area (Å²) in [7, 11) is 0. The highest BCUT2D eigenvalue weighted by atomic mass is 16.2. The van der Waals surface area contributed by atoms with Crippen LogP contribution in [-0.2, 0) is 14.4 Å². The van der Waals surface area contributed by atoms with Gasteiger partial charge in [-0.1, -0.05) is 33.3 Å². The standard InChI is InChI=1S/C15H28N4O3/c1-5-9-12(17-8-4)15(22)19-11(7-3)14(21)18-10(6-2)13(16)20/h7,10,12,17H,5-6,8-9H2,1-4H3,(H2,16,20)(H,18,21)(H,19,22)/b11-7+. The van der Waals surface area contributed by atoms with E-state index in [0.717, 1.165) is 6.42 Å². The molecule has 0 bridgehead atoms. The zero-order chi connectivity index (χ0) is 17.1. The van der Waals surface area contributed by atoms with Gasteiger partial charge in [-0.05, 0) is 26.3 Å². The van der Waals surface area contributed by atoms with Gasteiger partial charge < -0.3 is 21.7 Å². The summed E-state index contributed by atoms with van der Waals surface area (Å²) in [5.41, 5.74) is 5.31. The topological polar surface area (TPSA) is 113 Å². The van der Waals surface area contributed by atoms with Gasteiger partial charge >= 0.3 is 0 Å². The molecule has 0 aromatic heterocycles. The quantitative estimate of drug-likeness (QED) is 0.430. The van der Waals surface area contributed by atoms with Crippen molar-refractivity contribution in [3.05, 3.63) is 11.8 Å². The van der Waals surface area contributed by atoms with Gasteiger partial charge in [-0.3, -0.25) is 14.4 Å². The van der Waals surface area contributed by atoms with Crippen LogP contribution in [0, 0.1) is 0 Å². The van der Waals surface area contributed by atoms with Crippen LogP contribution >= 0.6 is 0 Å². The lowest BCUT2D eigenvalue weighted by Gasteiger charge is -2.19. The zero-order valence-corrected chi connectivity index (χ0v) is 13.9. The van der Waals surface area contributed by atoms with Crippen molar-refractivity contribution in [2.24, 2.45) is 5.73 Å². The zero-order valence-electron chi connectivity index (χ0n) is 13.9. The van der Waals surface area contributed by atoms with Gasteiger partial charge in [0.25, 0.3) is 5.91 Å². The molecule has 126 valence electrons. The molecule has 0 aromatic carbocycles. The molecule has 0 saturated heterocycles. The first-order valence-corrected chi connectivity index (χ1v) is 7.71. The lowest BCUT2D eigenvalue weighted by molar-refractivity contribution is -0.127. The molecular weight excluding hydrogens is 284 g/mol. The lowest BCUT2D eigenvalue weighted by atomic mass is 10.1. The normalized spacial score (nSPS) is 14.1. The predicted molar refractivity (Wildman–Crippen MR) is 85.7 cm³/mol. The number of carbonyl (C=O) groups is 3. The summed E-state index contributed by atoms with van der Waals surface area (Å²) in [5, 5.41) is 8.19. The van der Waals surface area contributed by atoms with Crippen LogP contribution in [0.25, 0.3) is 0 Å². The third-order valence-corrected chi connectivity index (χ3v) is 3.19. The second-order valence-corrected chi connectivity index (χ2v) is 4.93. The van der Waals surface area contributed by atoms with Gasteiger partial charge in [0.1, 0.15) is 11.7 Å². The van der Waals surface area contributed by atoms with Crippen molar-refractivity contribution in [3.63, 3.8) is 0 Å². The van der Waals surface area contributed by atoms with E-state index in [2.05, 4.69) is 16.0 Å². The maximum Gasteiger partial charge on any atom is 0.268 e. The average Bonchev–Trinajstić information content (AvgIpc) is 2.49. The van der Waals surface area contributed by atoms with Crippen LogP contribution in [0.5, 0.6) is 0 Å². The second-order valence-electron chi connectivity index (χ2n) is 4.93. The summed E-state index contributed by atoms with van der Waals surface area (Å²) in [4.78, 5) is 35.5. The molecule has 0 aliphatic carbocycles. The Hall–Kier alpha value is -1.89. The minimum atomic E-state index is -0.750. The Morgan fingerprint density at radius 3 is 2.18 bits per heavy atom. The number of hydrogen-bond acceptors (Lipinski definition) is 4. The number of nitrogens with two attached hydrogens (primary N) is 1. The molecule has 22 heavy (non-hydrogen) atoms.